The molecule has 1 aromatic carbocycles. The molecule has 1 heterocycles. The standard InChI is InChI=1S/C14H22BrN3/c1-10-8-14(12(15)9-13(10)16)18-6-4-11(5-7-18)17(2)3/h8-9,11H,4-7,16H2,1-3H3. The summed E-state index contributed by atoms with van der Waals surface area (Å²) in [6.45, 7) is 4.30. The topological polar surface area (TPSA) is 32.5 Å². The minimum Gasteiger partial charge on any atom is -0.398 e. The van der Waals surface area contributed by atoms with Crippen molar-refractivity contribution < 1.29 is 0 Å². The number of rotatable bonds is 2. The minimum atomic E-state index is 0.718. The van der Waals surface area contributed by atoms with Crippen LogP contribution in [0.5, 0.6) is 0 Å². The lowest BCUT2D eigenvalue weighted by atomic mass is 10.0. The highest BCUT2D eigenvalue weighted by Gasteiger charge is 2.22. The summed E-state index contributed by atoms with van der Waals surface area (Å²) in [6, 6.07) is 4.92. The highest BCUT2D eigenvalue weighted by Crippen LogP contribution is 2.32. The molecule has 0 saturated carbocycles. The largest absolute Gasteiger partial charge is 0.398 e. The van der Waals surface area contributed by atoms with Crippen molar-refractivity contribution in [2.45, 2.75) is 25.8 Å². The Balaban J connectivity index is 2.12. The number of hydrogen-bond donors (Lipinski definition) is 1. The zero-order valence-electron chi connectivity index (χ0n) is 11.4. The number of piperidine rings is 1. The second-order valence-corrected chi connectivity index (χ2v) is 6.20. The van der Waals surface area contributed by atoms with Crippen molar-refractivity contribution in [2.24, 2.45) is 0 Å². The van der Waals surface area contributed by atoms with Gasteiger partial charge in [-0.25, -0.2) is 0 Å². The summed E-state index contributed by atoms with van der Waals surface area (Å²) < 4.78 is 1.11. The maximum atomic E-state index is 5.93. The minimum absolute atomic E-state index is 0.718. The van der Waals surface area contributed by atoms with E-state index in [-0.39, 0.29) is 0 Å². The van der Waals surface area contributed by atoms with Gasteiger partial charge in [-0.1, -0.05) is 0 Å². The van der Waals surface area contributed by atoms with Crippen LogP contribution in [0.1, 0.15) is 18.4 Å². The smallest absolute Gasteiger partial charge is 0.0514 e. The first-order chi connectivity index (χ1) is 8.49. The molecule has 1 aliphatic rings. The average Bonchev–Trinajstić information content (AvgIpc) is 2.34. The van der Waals surface area contributed by atoms with E-state index >= 15 is 0 Å². The van der Waals surface area contributed by atoms with Crippen molar-refractivity contribution in [1.29, 1.82) is 0 Å². The van der Waals surface area contributed by atoms with Crippen LogP contribution in [-0.2, 0) is 0 Å². The molecule has 0 radical (unpaired) electrons. The maximum absolute atomic E-state index is 5.93. The predicted molar refractivity (Wildman–Crippen MR) is 82.2 cm³/mol. The van der Waals surface area contributed by atoms with E-state index in [9.17, 15) is 0 Å². The number of hydrogen-bond acceptors (Lipinski definition) is 3. The van der Waals surface area contributed by atoms with Gasteiger partial charge in [0.1, 0.15) is 0 Å². The summed E-state index contributed by atoms with van der Waals surface area (Å²) >= 11 is 3.63. The molecule has 1 aliphatic heterocycles. The zero-order valence-corrected chi connectivity index (χ0v) is 13.0. The van der Waals surface area contributed by atoms with Gasteiger partial charge in [0.25, 0.3) is 0 Å². The van der Waals surface area contributed by atoms with Gasteiger partial charge >= 0.3 is 0 Å². The average molecular weight is 312 g/mol. The van der Waals surface area contributed by atoms with Gasteiger partial charge in [-0.05, 0) is 67.5 Å². The summed E-state index contributed by atoms with van der Waals surface area (Å²) in [5.41, 5.74) is 9.21. The molecule has 2 rings (SSSR count). The second-order valence-electron chi connectivity index (χ2n) is 5.34. The van der Waals surface area contributed by atoms with Crippen LogP contribution < -0.4 is 10.6 Å². The van der Waals surface area contributed by atoms with Crippen LogP contribution in [0.2, 0.25) is 0 Å². The molecule has 2 N–H and O–H groups in total. The summed E-state index contributed by atoms with van der Waals surface area (Å²) in [4.78, 5) is 4.79. The predicted octanol–water partition coefficient (Wildman–Crippen LogP) is 2.87. The number of nitrogens with two attached hydrogens (primary N) is 1. The SMILES string of the molecule is Cc1cc(N2CCC(N(C)C)CC2)c(Br)cc1N. The number of halogens is 1. The van der Waals surface area contributed by atoms with Crippen molar-refractivity contribution in [3.63, 3.8) is 0 Å². The van der Waals surface area contributed by atoms with Crippen molar-refractivity contribution in [2.75, 3.05) is 37.8 Å². The van der Waals surface area contributed by atoms with E-state index in [1.54, 1.807) is 0 Å². The molecule has 100 valence electrons. The molecule has 18 heavy (non-hydrogen) atoms. The molecule has 0 spiro atoms. The van der Waals surface area contributed by atoms with Gasteiger partial charge in [0.2, 0.25) is 0 Å². The van der Waals surface area contributed by atoms with E-state index in [1.807, 2.05) is 6.07 Å². The van der Waals surface area contributed by atoms with Gasteiger partial charge in [0.05, 0.1) is 5.69 Å². The highest BCUT2D eigenvalue weighted by molar-refractivity contribution is 9.10. The third-order valence-electron chi connectivity index (χ3n) is 3.87. The van der Waals surface area contributed by atoms with E-state index in [2.05, 4.69) is 52.8 Å². The Kier molecular flexibility index (Phi) is 4.17. The molecule has 1 fully saturated rings. The van der Waals surface area contributed by atoms with Crippen LogP contribution >= 0.6 is 15.9 Å². The monoisotopic (exact) mass is 311 g/mol. The van der Waals surface area contributed by atoms with Crippen molar-refractivity contribution in [3.05, 3.63) is 22.2 Å². The molecule has 0 aliphatic carbocycles. The Bertz CT molecular complexity index is 423. The Morgan fingerprint density at radius 3 is 2.44 bits per heavy atom. The Morgan fingerprint density at radius 1 is 1.28 bits per heavy atom. The van der Waals surface area contributed by atoms with Gasteiger partial charge in [-0.15, -0.1) is 0 Å². The lowest BCUT2D eigenvalue weighted by Crippen LogP contribution is -2.42. The van der Waals surface area contributed by atoms with Crippen LogP contribution in [0, 0.1) is 6.92 Å². The van der Waals surface area contributed by atoms with E-state index in [4.69, 9.17) is 5.73 Å². The fraction of sp³-hybridized carbons (Fsp3) is 0.571. The Morgan fingerprint density at radius 2 is 1.89 bits per heavy atom. The maximum Gasteiger partial charge on any atom is 0.0514 e. The summed E-state index contributed by atoms with van der Waals surface area (Å²) in [5.74, 6) is 0. The lowest BCUT2D eigenvalue weighted by Gasteiger charge is -2.37. The van der Waals surface area contributed by atoms with Crippen LogP contribution in [0.4, 0.5) is 11.4 Å². The Hall–Kier alpha value is -0.740. The van der Waals surface area contributed by atoms with Crippen molar-refractivity contribution in [1.82, 2.24) is 4.90 Å². The fourth-order valence-electron chi connectivity index (χ4n) is 2.55. The Labute approximate surface area is 118 Å². The first kappa shape index (κ1) is 13.7. The summed E-state index contributed by atoms with van der Waals surface area (Å²) in [6.07, 6.45) is 2.45. The first-order valence-corrected chi connectivity index (χ1v) is 7.25. The highest BCUT2D eigenvalue weighted by atomic mass is 79.9. The van der Waals surface area contributed by atoms with E-state index < -0.39 is 0 Å². The van der Waals surface area contributed by atoms with Crippen LogP contribution in [0.25, 0.3) is 0 Å². The number of benzene rings is 1. The van der Waals surface area contributed by atoms with Crippen LogP contribution in [-0.4, -0.2) is 38.1 Å². The molecule has 4 heteroatoms. The van der Waals surface area contributed by atoms with Crippen molar-refractivity contribution >= 4 is 27.3 Å². The third kappa shape index (κ3) is 2.81. The van der Waals surface area contributed by atoms with Crippen molar-refractivity contribution in [3.8, 4) is 0 Å². The molecule has 1 saturated heterocycles. The number of aryl methyl sites for hydroxylation is 1. The third-order valence-corrected chi connectivity index (χ3v) is 4.51. The van der Waals surface area contributed by atoms with E-state index in [1.165, 1.54) is 18.5 Å². The molecule has 0 amide bonds. The molecule has 0 unspecified atom stereocenters. The van der Waals surface area contributed by atoms with Gasteiger partial charge in [-0.2, -0.15) is 0 Å². The van der Waals surface area contributed by atoms with Crippen LogP contribution in [0.3, 0.4) is 0 Å². The van der Waals surface area contributed by atoms with Gasteiger partial charge < -0.3 is 15.5 Å². The molecule has 0 aromatic heterocycles. The molecule has 3 nitrogen and oxygen atoms in total. The van der Waals surface area contributed by atoms with Gasteiger partial charge in [-0.3, -0.25) is 0 Å². The normalized spacial score (nSPS) is 17.5. The number of nitrogen functional groups attached to an aromatic ring is 1. The summed E-state index contributed by atoms with van der Waals surface area (Å²) in [7, 11) is 4.34. The lowest BCUT2D eigenvalue weighted by molar-refractivity contribution is 0.249. The molecule has 1 aromatic rings. The molecule has 0 bridgehead atoms. The van der Waals surface area contributed by atoms with E-state index in [0.717, 1.165) is 34.9 Å². The zero-order chi connectivity index (χ0) is 13.3. The quantitative estimate of drug-likeness (QED) is 0.852. The first-order valence-electron chi connectivity index (χ1n) is 6.46. The second kappa shape index (κ2) is 5.49. The fourth-order valence-corrected chi connectivity index (χ4v) is 3.16. The van der Waals surface area contributed by atoms with Gasteiger partial charge in [0.15, 0.2) is 0 Å². The number of nitrogens with zero attached hydrogens (tertiary/aromatic N) is 2. The molecule has 0 atom stereocenters. The van der Waals surface area contributed by atoms with Gasteiger partial charge in [0, 0.05) is 29.3 Å². The number of anilines is 2. The molecular weight excluding hydrogens is 290 g/mol. The van der Waals surface area contributed by atoms with Crippen LogP contribution in [0.15, 0.2) is 16.6 Å². The van der Waals surface area contributed by atoms with E-state index in [0.29, 0.717) is 0 Å². The molecular formula is C14H22BrN3. The summed E-state index contributed by atoms with van der Waals surface area (Å²) in [5, 5.41) is 0.